The average molecular weight is 542 g/mol. The van der Waals surface area contributed by atoms with Gasteiger partial charge in [0.2, 0.25) is 0 Å². The second kappa shape index (κ2) is 10.8. The van der Waals surface area contributed by atoms with Crippen molar-refractivity contribution in [3.8, 4) is 11.3 Å². The summed E-state index contributed by atoms with van der Waals surface area (Å²) in [6, 6.07) is 21.5. The van der Waals surface area contributed by atoms with Crippen molar-refractivity contribution in [3.05, 3.63) is 89.0 Å². The van der Waals surface area contributed by atoms with Crippen molar-refractivity contribution >= 4 is 6.03 Å². The molecule has 2 aliphatic heterocycles. The number of hydrogen-bond donors (Lipinski definition) is 1. The zero-order valence-corrected chi connectivity index (χ0v) is 23.3. The van der Waals surface area contributed by atoms with Crippen molar-refractivity contribution in [3.63, 3.8) is 0 Å². The second-order valence-electron chi connectivity index (χ2n) is 12.0. The molecule has 0 radical (unpaired) electrons. The van der Waals surface area contributed by atoms with Gasteiger partial charge in [-0.05, 0) is 31.9 Å². The highest BCUT2D eigenvalue weighted by molar-refractivity contribution is 5.75. The molecule has 8 heteroatoms. The summed E-state index contributed by atoms with van der Waals surface area (Å²) in [5.74, 6) is 0. The number of aliphatic hydroxyl groups is 1. The summed E-state index contributed by atoms with van der Waals surface area (Å²) >= 11 is 0. The molecule has 8 nitrogen and oxygen atoms in total. The van der Waals surface area contributed by atoms with Crippen LogP contribution in [-0.4, -0.2) is 80.8 Å². The first-order valence-corrected chi connectivity index (χ1v) is 14.5. The largest absolute Gasteiger partial charge is 0.387 e. The van der Waals surface area contributed by atoms with Crippen molar-refractivity contribution in [2.24, 2.45) is 5.41 Å². The molecule has 1 spiro atoms. The second-order valence-corrected chi connectivity index (χ2v) is 12.0. The molecule has 1 aliphatic carbocycles. The number of nitrogens with zero attached hydrogens (tertiary/aromatic N) is 5. The summed E-state index contributed by atoms with van der Waals surface area (Å²) in [7, 11) is 2.11. The summed E-state index contributed by atoms with van der Waals surface area (Å²) in [5, 5.41) is 12.2. The predicted octanol–water partition coefficient (Wildman–Crippen LogP) is 4.02. The number of amides is 2. The highest BCUT2D eigenvalue weighted by Crippen LogP contribution is 2.51. The van der Waals surface area contributed by atoms with Crippen molar-refractivity contribution in [1.29, 1.82) is 0 Å². The van der Waals surface area contributed by atoms with Gasteiger partial charge in [-0.15, -0.1) is 0 Å². The first kappa shape index (κ1) is 26.7. The zero-order chi connectivity index (χ0) is 27.7. The SMILES string of the molecule is CN1CCN(C(=O)N2CC[C@@](O)(Cn3cnc(-c4ccccc4)cc3=O)C3(CCCC3)C2)[C@H](c2ccccc2)C1. The molecule has 2 aromatic carbocycles. The van der Waals surface area contributed by atoms with Crippen molar-refractivity contribution in [2.75, 3.05) is 39.8 Å². The Labute approximate surface area is 235 Å². The molecule has 2 amide bonds. The fraction of sp³-hybridized carbons (Fsp3) is 0.469. The summed E-state index contributed by atoms with van der Waals surface area (Å²) in [4.78, 5) is 38.0. The van der Waals surface area contributed by atoms with Crippen LogP contribution in [0.2, 0.25) is 0 Å². The Balaban J connectivity index is 1.23. The lowest BCUT2D eigenvalue weighted by molar-refractivity contribution is -0.137. The Morgan fingerprint density at radius 3 is 2.38 bits per heavy atom. The lowest BCUT2D eigenvalue weighted by Crippen LogP contribution is -2.64. The van der Waals surface area contributed by atoms with E-state index in [1.54, 1.807) is 17.0 Å². The van der Waals surface area contributed by atoms with Gasteiger partial charge in [-0.3, -0.25) is 9.36 Å². The van der Waals surface area contributed by atoms with Gasteiger partial charge < -0.3 is 19.8 Å². The van der Waals surface area contributed by atoms with Crippen molar-refractivity contribution in [1.82, 2.24) is 24.3 Å². The molecule has 1 aromatic heterocycles. The maximum atomic E-state index is 14.1. The summed E-state index contributed by atoms with van der Waals surface area (Å²) in [6.07, 6.45) is 5.74. The van der Waals surface area contributed by atoms with Gasteiger partial charge in [0.15, 0.2) is 0 Å². The van der Waals surface area contributed by atoms with Crippen LogP contribution in [0.1, 0.15) is 43.7 Å². The Hall–Kier alpha value is -3.49. The van der Waals surface area contributed by atoms with Gasteiger partial charge in [0.25, 0.3) is 5.56 Å². The molecule has 3 fully saturated rings. The number of carbonyl (C=O) groups is 1. The number of likely N-dealkylation sites (N-methyl/N-ethyl adjacent to an activating group) is 1. The van der Waals surface area contributed by atoms with E-state index in [2.05, 4.69) is 29.1 Å². The summed E-state index contributed by atoms with van der Waals surface area (Å²) < 4.78 is 1.55. The number of benzene rings is 2. The van der Waals surface area contributed by atoms with E-state index in [4.69, 9.17) is 0 Å². The quantitative estimate of drug-likeness (QED) is 0.540. The van der Waals surface area contributed by atoms with E-state index in [1.165, 1.54) is 0 Å². The molecule has 2 atom stereocenters. The zero-order valence-electron chi connectivity index (χ0n) is 23.3. The molecular weight excluding hydrogens is 502 g/mol. The maximum absolute atomic E-state index is 14.1. The molecule has 40 heavy (non-hydrogen) atoms. The number of likely N-dealkylation sites (tertiary alicyclic amines) is 1. The number of aromatic nitrogens is 2. The van der Waals surface area contributed by atoms with Gasteiger partial charge in [0, 0.05) is 49.8 Å². The Bertz CT molecular complexity index is 1390. The molecule has 3 aromatic rings. The van der Waals surface area contributed by atoms with Crippen molar-refractivity contribution in [2.45, 2.75) is 50.3 Å². The number of hydrogen-bond acceptors (Lipinski definition) is 5. The number of piperazine rings is 1. The molecule has 0 unspecified atom stereocenters. The standard InChI is InChI=1S/C32H39N5O3/c1-34-18-19-37(28(21-34)26-12-6-3-7-13-26)30(39)35-17-16-32(40,31(22-35)14-8-9-15-31)23-36-24-33-27(20-29(36)38)25-10-4-2-5-11-25/h2-7,10-13,20,24,28,40H,8-9,14-19,21-23H2,1H3/t28-,32+/m0/s1. The predicted molar refractivity (Wildman–Crippen MR) is 155 cm³/mol. The van der Waals surface area contributed by atoms with E-state index >= 15 is 0 Å². The molecule has 3 aliphatic rings. The molecule has 2 saturated heterocycles. The highest BCUT2D eigenvalue weighted by Gasteiger charge is 2.56. The minimum absolute atomic E-state index is 0.000527. The monoisotopic (exact) mass is 541 g/mol. The van der Waals surface area contributed by atoms with E-state index < -0.39 is 11.0 Å². The Morgan fingerprint density at radius 2 is 1.68 bits per heavy atom. The molecule has 3 heterocycles. The third-order valence-corrected chi connectivity index (χ3v) is 9.50. The first-order chi connectivity index (χ1) is 19.4. The minimum Gasteiger partial charge on any atom is -0.387 e. The lowest BCUT2D eigenvalue weighted by Gasteiger charge is -2.53. The van der Waals surface area contributed by atoms with Gasteiger partial charge in [-0.2, -0.15) is 0 Å². The van der Waals surface area contributed by atoms with Gasteiger partial charge in [0.05, 0.1) is 30.2 Å². The Morgan fingerprint density at radius 1 is 0.975 bits per heavy atom. The molecule has 210 valence electrons. The van der Waals surface area contributed by atoms with E-state index in [9.17, 15) is 14.7 Å². The van der Waals surface area contributed by atoms with Crippen LogP contribution >= 0.6 is 0 Å². The molecule has 1 saturated carbocycles. The lowest BCUT2D eigenvalue weighted by atomic mass is 9.66. The third kappa shape index (κ3) is 4.95. The fourth-order valence-electron chi connectivity index (χ4n) is 7.15. The van der Waals surface area contributed by atoms with Crippen LogP contribution in [0.15, 0.2) is 77.9 Å². The summed E-state index contributed by atoms with van der Waals surface area (Å²) in [5.41, 5.74) is 0.982. The van der Waals surface area contributed by atoms with Crippen LogP contribution in [0.4, 0.5) is 4.79 Å². The molecule has 0 bridgehead atoms. The molecular formula is C32H39N5O3. The number of rotatable bonds is 4. The first-order valence-electron chi connectivity index (χ1n) is 14.5. The van der Waals surface area contributed by atoms with Gasteiger partial charge >= 0.3 is 6.03 Å². The summed E-state index contributed by atoms with van der Waals surface area (Å²) in [6.45, 7) is 3.49. The van der Waals surface area contributed by atoms with E-state index in [-0.39, 0.29) is 24.2 Å². The van der Waals surface area contributed by atoms with Crippen LogP contribution in [0, 0.1) is 5.41 Å². The van der Waals surface area contributed by atoms with E-state index in [1.807, 2.05) is 58.3 Å². The maximum Gasteiger partial charge on any atom is 0.320 e. The van der Waals surface area contributed by atoms with Crippen LogP contribution in [0.3, 0.4) is 0 Å². The minimum atomic E-state index is -1.08. The van der Waals surface area contributed by atoms with Crippen LogP contribution in [0.25, 0.3) is 11.3 Å². The number of piperidine rings is 1. The topological polar surface area (TPSA) is 81.9 Å². The average Bonchev–Trinajstić information content (AvgIpc) is 3.46. The van der Waals surface area contributed by atoms with E-state index in [0.717, 1.165) is 49.9 Å². The van der Waals surface area contributed by atoms with E-state index in [0.29, 0.717) is 31.7 Å². The van der Waals surface area contributed by atoms with Crippen LogP contribution in [0.5, 0.6) is 0 Å². The smallest absolute Gasteiger partial charge is 0.320 e. The molecule has 6 rings (SSSR count). The van der Waals surface area contributed by atoms with Gasteiger partial charge in [0.1, 0.15) is 0 Å². The number of carbonyl (C=O) groups excluding carboxylic acids is 1. The molecule has 1 N–H and O–H groups in total. The Kier molecular flexibility index (Phi) is 7.23. The number of urea groups is 1. The van der Waals surface area contributed by atoms with Gasteiger partial charge in [-0.25, -0.2) is 9.78 Å². The normalized spacial score (nSPS) is 24.9. The van der Waals surface area contributed by atoms with Crippen LogP contribution in [-0.2, 0) is 6.54 Å². The van der Waals surface area contributed by atoms with Crippen LogP contribution < -0.4 is 5.56 Å². The highest BCUT2D eigenvalue weighted by atomic mass is 16.3. The van der Waals surface area contributed by atoms with Crippen molar-refractivity contribution < 1.29 is 9.90 Å². The third-order valence-electron chi connectivity index (χ3n) is 9.50. The fourth-order valence-corrected chi connectivity index (χ4v) is 7.15. The van der Waals surface area contributed by atoms with Gasteiger partial charge in [-0.1, -0.05) is 73.5 Å².